The fraction of sp³-hybridized carbons (Fsp3) is 0.250. The predicted molar refractivity (Wildman–Crippen MR) is 125 cm³/mol. The molecule has 1 unspecified atom stereocenters. The zero-order valence-electron chi connectivity index (χ0n) is 15.9. The van der Waals surface area contributed by atoms with E-state index in [0.29, 0.717) is 33.7 Å². The molecule has 0 bridgehead atoms. The Balaban J connectivity index is 0.00000320. The van der Waals surface area contributed by atoms with Gasteiger partial charge in [-0.2, -0.15) is 0 Å². The first-order valence-electron chi connectivity index (χ1n) is 8.76. The van der Waals surface area contributed by atoms with Crippen LogP contribution in [0.2, 0.25) is 5.02 Å². The third-order valence-electron chi connectivity index (χ3n) is 4.32. The van der Waals surface area contributed by atoms with Crippen LogP contribution in [-0.4, -0.2) is 34.6 Å². The summed E-state index contributed by atoms with van der Waals surface area (Å²) in [6.07, 6.45) is 0.870. The van der Waals surface area contributed by atoms with Gasteiger partial charge in [0.05, 0.1) is 12.4 Å². The van der Waals surface area contributed by atoms with Gasteiger partial charge in [-0.05, 0) is 48.2 Å². The number of carbonyl (C=O) groups is 2. The van der Waals surface area contributed by atoms with Gasteiger partial charge >= 0.3 is 5.97 Å². The standard InChI is InChI=1S/C20H19ClN2O4S2.ClH/c1-26-19(25)16(22)8-11-2-5-13(6-3-11)27-14-7-4-12(15(21)10-14)9-17-18(24)23-20(28)29-17;/h2-7,10,16-17H,8-9,22H2,1H3,(H,23,24,28);1H/t16-,17?;/m0./s1. The first-order valence-corrected chi connectivity index (χ1v) is 10.4. The van der Waals surface area contributed by atoms with Crippen LogP contribution < -0.4 is 15.8 Å². The maximum Gasteiger partial charge on any atom is 0.322 e. The lowest BCUT2D eigenvalue weighted by Crippen LogP contribution is -2.33. The summed E-state index contributed by atoms with van der Waals surface area (Å²) in [5.41, 5.74) is 7.52. The second-order valence-corrected chi connectivity index (χ2v) is 8.71. The Labute approximate surface area is 195 Å². The van der Waals surface area contributed by atoms with Crippen LogP contribution in [0.15, 0.2) is 42.5 Å². The van der Waals surface area contributed by atoms with E-state index >= 15 is 0 Å². The molecule has 1 aliphatic heterocycles. The minimum absolute atomic E-state index is 0. The van der Waals surface area contributed by atoms with Crippen molar-refractivity contribution < 1.29 is 19.1 Å². The number of thiocarbonyl (C=S) groups is 1. The van der Waals surface area contributed by atoms with Gasteiger partial charge in [0, 0.05) is 5.02 Å². The molecule has 3 rings (SSSR count). The minimum atomic E-state index is -0.701. The maximum absolute atomic E-state index is 11.8. The largest absolute Gasteiger partial charge is 0.468 e. The lowest BCUT2D eigenvalue weighted by atomic mass is 10.1. The van der Waals surface area contributed by atoms with Crippen LogP contribution >= 0.6 is 48.0 Å². The number of carbonyl (C=O) groups excluding carboxylic acids is 2. The van der Waals surface area contributed by atoms with Crippen LogP contribution in [0.4, 0.5) is 0 Å². The number of halogens is 2. The minimum Gasteiger partial charge on any atom is -0.468 e. The van der Waals surface area contributed by atoms with Crippen LogP contribution in [0.3, 0.4) is 0 Å². The van der Waals surface area contributed by atoms with Crippen LogP contribution in [0.5, 0.6) is 11.5 Å². The average molecular weight is 487 g/mol. The molecular formula is C20H20Cl2N2O4S2. The fourth-order valence-electron chi connectivity index (χ4n) is 2.80. The Bertz CT molecular complexity index is 941. The van der Waals surface area contributed by atoms with Crippen molar-refractivity contribution in [2.75, 3.05) is 7.11 Å². The Kier molecular flexibility index (Phi) is 8.93. The number of hydrogen-bond donors (Lipinski definition) is 2. The number of nitrogens with one attached hydrogen (secondary N) is 1. The lowest BCUT2D eigenvalue weighted by Gasteiger charge is -2.12. The Morgan fingerprint density at radius 1 is 1.27 bits per heavy atom. The van der Waals surface area contributed by atoms with Crippen molar-refractivity contribution in [3.05, 3.63) is 58.6 Å². The quantitative estimate of drug-likeness (QED) is 0.455. The van der Waals surface area contributed by atoms with Gasteiger partial charge in [0.15, 0.2) is 0 Å². The average Bonchev–Trinajstić information content (AvgIpc) is 3.01. The number of benzene rings is 2. The fourth-order valence-corrected chi connectivity index (χ4v) is 4.35. The summed E-state index contributed by atoms with van der Waals surface area (Å²) in [5, 5.41) is 2.89. The second-order valence-electron chi connectivity index (χ2n) is 6.42. The van der Waals surface area contributed by atoms with Crippen LogP contribution in [0.25, 0.3) is 0 Å². The second kappa shape index (κ2) is 11.0. The molecule has 0 aliphatic carbocycles. The number of esters is 1. The summed E-state index contributed by atoms with van der Waals surface area (Å²) in [5.74, 6) is 0.663. The molecule has 1 amide bonds. The van der Waals surface area contributed by atoms with Gasteiger partial charge in [-0.1, -0.05) is 53.8 Å². The molecule has 0 spiro atoms. The van der Waals surface area contributed by atoms with Crippen LogP contribution in [0, 0.1) is 0 Å². The molecule has 0 saturated carbocycles. The molecule has 10 heteroatoms. The third kappa shape index (κ3) is 6.33. The first-order chi connectivity index (χ1) is 13.9. The Hall–Kier alpha value is -1.84. The van der Waals surface area contributed by atoms with Gasteiger partial charge in [-0.15, -0.1) is 12.4 Å². The highest BCUT2D eigenvalue weighted by atomic mass is 35.5. The van der Waals surface area contributed by atoms with Gasteiger partial charge in [0.25, 0.3) is 0 Å². The number of nitrogens with two attached hydrogens (primary N) is 1. The highest BCUT2D eigenvalue weighted by molar-refractivity contribution is 8.24. The molecule has 1 saturated heterocycles. The van der Waals surface area contributed by atoms with E-state index in [-0.39, 0.29) is 23.6 Å². The van der Waals surface area contributed by atoms with E-state index in [1.54, 1.807) is 24.3 Å². The van der Waals surface area contributed by atoms with E-state index in [4.69, 9.17) is 34.3 Å². The molecule has 0 aromatic heterocycles. The number of amides is 1. The Morgan fingerprint density at radius 3 is 2.50 bits per heavy atom. The zero-order chi connectivity index (χ0) is 21.0. The lowest BCUT2D eigenvalue weighted by molar-refractivity contribution is -0.142. The summed E-state index contributed by atoms with van der Waals surface area (Å²) in [7, 11) is 1.31. The molecule has 1 aliphatic rings. The highest BCUT2D eigenvalue weighted by Gasteiger charge is 2.29. The summed E-state index contributed by atoms with van der Waals surface area (Å²) in [4.78, 5) is 23.2. The maximum atomic E-state index is 11.8. The Morgan fingerprint density at radius 2 is 1.93 bits per heavy atom. The zero-order valence-corrected chi connectivity index (χ0v) is 19.1. The number of ether oxygens (including phenoxy) is 2. The summed E-state index contributed by atoms with van der Waals surface area (Å²) in [6, 6.07) is 11.9. The smallest absolute Gasteiger partial charge is 0.322 e. The van der Waals surface area contributed by atoms with Gasteiger partial charge in [-0.3, -0.25) is 9.59 Å². The monoisotopic (exact) mass is 486 g/mol. The third-order valence-corrected chi connectivity index (χ3v) is 6.04. The number of rotatable bonds is 7. The summed E-state index contributed by atoms with van der Waals surface area (Å²) < 4.78 is 11.0. The normalized spacial score (nSPS) is 16.4. The molecule has 2 atom stereocenters. The summed E-state index contributed by atoms with van der Waals surface area (Å²) in [6.45, 7) is 0. The van der Waals surface area contributed by atoms with Crippen molar-refractivity contribution in [2.24, 2.45) is 5.73 Å². The van der Waals surface area contributed by atoms with Crippen molar-refractivity contribution in [1.29, 1.82) is 0 Å². The molecule has 3 N–H and O–H groups in total. The van der Waals surface area contributed by atoms with E-state index in [2.05, 4.69) is 10.1 Å². The van der Waals surface area contributed by atoms with Gasteiger partial charge in [-0.25, -0.2) is 0 Å². The van der Waals surface area contributed by atoms with E-state index < -0.39 is 12.0 Å². The molecule has 1 heterocycles. The topological polar surface area (TPSA) is 90.7 Å². The number of methoxy groups -OCH3 is 1. The van der Waals surface area contributed by atoms with Crippen molar-refractivity contribution >= 4 is 64.2 Å². The SMILES string of the molecule is COC(=O)[C@@H](N)Cc1ccc(Oc2ccc(CC3SC(=S)NC3=O)c(Cl)c2)cc1.Cl. The van der Waals surface area contributed by atoms with Gasteiger partial charge < -0.3 is 20.5 Å². The van der Waals surface area contributed by atoms with E-state index in [9.17, 15) is 9.59 Å². The van der Waals surface area contributed by atoms with Crippen molar-refractivity contribution in [3.8, 4) is 11.5 Å². The molecule has 2 aromatic carbocycles. The first kappa shape index (κ1) is 24.4. The highest BCUT2D eigenvalue weighted by Crippen LogP contribution is 2.30. The number of hydrogen-bond acceptors (Lipinski definition) is 7. The van der Waals surface area contributed by atoms with Crippen LogP contribution in [0.1, 0.15) is 11.1 Å². The van der Waals surface area contributed by atoms with Crippen molar-refractivity contribution in [3.63, 3.8) is 0 Å². The molecular weight excluding hydrogens is 467 g/mol. The molecule has 1 fully saturated rings. The van der Waals surface area contributed by atoms with Gasteiger partial charge in [0.1, 0.15) is 21.9 Å². The molecule has 2 aromatic rings. The molecule has 30 heavy (non-hydrogen) atoms. The van der Waals surface area contributed by atoms with Crippen molar-refractivity contribution in [1.82, 2.24) is 5.32 Å². The van der Waals surface area contributed by atoms with Crippen molar-refractivity contribution in [2.45, 2.75) is 24.1 Å². The van der Waals surface area contributed by atoms with E-state index in [1.165, 1.54) is 18.9 Å². The summed E-state index contributed by atoms with van der Waals surface area (Å²) >= 11 is 12.7. The molecule has 6 nitrogen and oxygen atoms in total. The van der Waals surface area contributed by atoms with E-state index in [1.807, 2.05) is 18.2 Å². The van der Waals surface area contributed by atoms with Crippen LogP contribution in [-0.2, 0) is 27.2 Å². The molecule has 160 valence electrons. The number of thioether (sulfide) groups is 1. The molecule has 0 radical (unpaired) electrons. The predicted octanol–water partition coefficient (Wildman–Crippen LogP) is 3.66. The van der Waals surface area contributed by atoms with E-state index in [0.717, 1.165) is 11.1 Å². The van der Waals surface area contributed by atoms with Gasteiger partial charge in [0.2, 0.25) is 5.91 Å².